The van der Waals surface area contributed by atoms with Crippen molar-refractivity contribution in [3.63, 3.8) is 0 Å². The Bertz CT molecular complexity index is 591. The molecule has 0 aliphatic heterocycles. The fraction of sp³-hybridized carbons (Fsp3) is 0.429. The molecule has 1 saturated carbocycles. The lowest BCUT2D eigenvalue weighted by Gasteiger charge is -2.04. The molecule has 1 aliphatic carbocycles. The maximum atomic E-state index is 9.86. The van der Waals surface area contributed by atoms with Gasteiger partial charge >= 0.3 is 0 Å². The number of aliphatic hydroxyl groups excluding tert-OH is 1. The highest BCUT2D eigenvalue weighted by Gasteiger charge is 2.31. The SMILES string of the molecule is OC(Cc1nc(Cc2c(Cl)cccc2Cl)no1)C1CC1. The highest BCUT2D eigenvalue weighted by Crippen LogP contribution is 2.33. The summed E-state index contributed by atoms with van der Waals surface area (Å²) in [5, 5.41) is 14.9. The molecule has 1 N–H and O–H groups in total. The minimum Gasteiger partial charge on any atom is -0.392 e. The van der Waals surface area contributed by atoms with E-state index < -0.39 is 0 Å². The van der Waals surface area contributed by atoms with E-state index in [4.69, 9.17) is 27.7 Å². The summed E-state index contributed by atoms with van der Waals surface area (Å²) in [5.41, 5.74) is 0.783. The van der Waals surface area contributed by atoms with E-state index in [0.29, 0.717) is 40.5 Å². The van der Waals surface area contributed by atoms with Gasteiger partial charge in [-0.1, -0.05) is 34.4 Å². The molecule has 0 bridgehead atoms. The zero-order valence-corrected chi connectivity index (χ0v) is 12.2. The summed E-state index contributed by atoms with van der Waals surface area (Å²) in [6.45, 7) is 0. The average Bonchev–Trinajstić information content (AvgIpc) is 3.17. The third-order valence-corrected chi connectivity index (χ3v) is 4.16. The molecule has 1 fully saturated rings. The lowest BCUT2D eigenvalue weighted by Crippen LogP contribution is -2.12. The number of nitrogens with zero attached hydrogens (tertiary/aromatic N) is 2. The first-order valence-corrected chi connectivity index (χ1v) is 7.31. The van der Waals surface area contributed by atoms with E-state index >= 15 is 0 Å². The van der Waals surface area contributed by atoms with Crippen LogP contribution in [0.3, 0.4) is 0 Å². The Morgan fingerprint density at radius 3 is 2.65 bits per heavy atom. The van der Waals surface area contributed by atoms with Gasteiger partial charge in [0.1, 0.15) is 0 Å². The fourth-order valence-corrected chi connectivity index (χ4v) is 2.66. The first-order valence-electron chi connectivity index (χ1n) is 6.56. The molecule has 1 aromatic carbocycles. The van der Waals surface area contributed by atoms with Gasteiger partial charge in [0.05, 0.1) is 12.5 Å². The Labute approximate surface area is 126 Å². The minimum atomic E-state index is -0.382. The van der Waals surface area contributed by atoms with Gasteiger partial charge in [0.2, 0.25) is 5.89 Å². The van der Waals surface area contributed by atoms with Gasteiger partial charge in [-0.3, -0.25) is 0 Å². The number of hydrogen-bond acceptors (Lipinski definition) is 4. The molecule has 1 aromatic heterocycles. The van der Waals surface area contributed by atoms with Crippen LogP contribution in [0.15, 0.2) is 22.7 Å². The van der Waals surface area contributed by atoms with Crippen LogP contribution in [0.2, 0.25) is 10.0 Å². The molecule has 3 rings (SSSR count). The van der Waals surface area contributed by atoms with Gasteiger partial charge in [0.15, 0.2) is 5.82 Å². The normalized spacial score (nSPS) is 16.4. The van der Waals surface area contributed by atoms with Crippen LogP contribution in [-0.2, 0) is 12.8 Å². The van der Waals surface area contributed by atoms with Crippen LogP contribution in [0.1, 0.15) is 30.1 Å². The predicted octanol–water partition coefficient (Wildman–Crippen LogP) is 3.28. The Balaban J connectivity index is 1.70. The summed E-state index contributed by atoms with van der Waals surface area (Å²) >= 11 is 12.2. The van der Waals surface area contributed by atoms with E-state index in [9.17, 15) is 5.11 Å². The molecule has 1 heterocycles. The molecular formula is C14H14Cl2N2O2. The maximum absolute atomic E-state index is 9.86. The summed E-state index contributed by atoms with van der Waals surface area (Å²) in [6.07, 6.45) is 2.61. The van der Waals surface area contributed by atoms with Gasteiger partial charge in [0.25, 0.3) is 0 Å². The van der Waals surface area contributed by atoms with E-state index in [1.165, 1.54) is 0 Å². The number of aromatic nitrogens is 2. The quantitative estimate of drug-likeness (QED) is 0.920. The number of aliphatic hydroxyl groups is 1. The van der Waals surface area contributed by atoms with Crippen LogP contribution in [0, 0.1) is 5.92 Å². The first kappa shape index (κ1) is 13.9. The second-order valence-electron chi connectivity index (χ2n) is 5.09. The van der Waals surface area contributed by atoms with Crippen LogP contribution < -0.4 is 0 Å². The Morgan fingerprint density at radius 2 is 2.00 bits per heavy atom. The van der Waals surface area contributed by atoms with Gasteiger partial charge in [-0.05, 0) is 36.5 Å². The van der Waals surface area contributed by atoms with Crippen LogP contribution in [0.4, 0.5) is 0 Å². The fourth-order valence-electron chi connectivity index (χ4n) is 2.13. The monoisotopic (exact) mass is 312 g/mol. The minimum absolute atomic E-state index is 0.382. The van der Waals surface area contributed by atoms with Crippen molar-refractivity contribution in [3.05, 3.63) is 45.5 Å². The van der Waals surface area contributed by atoms with E-state index in [2.05, 4.69) is 10.1 Å². The van der Waals surface area contributed by atoms with E-state index in [-0.39, 0.29) is 6.10 Å². The van der Waals surface area contributed by atoms with Gasteiger partial charge in [0, 0.05) is 16.5 Å². The van der Waals surface area contributed by atoms with Crippen molar-refractivity contribution in [2.24, 2.45) is 5.92 Å². The predicted molar refractivity (Wildman–Crippen MR) is 76.0 cm³/mol. The van der Waals surface area contributed by atoms with Gasteiger partial charge in [-0.2, -0.15) is 4.98 Å². The lowest BCUT2D eigenvalue weighted by molar-refractivity contribution is 0.140. The van der Waals surface area contributed by atoms with Crippen LogP contribution in [-0.4, -0.2) is 21.4 Å². The average molecular weight is 313 g/mol. The number of rotatable bonds is 5. The van der Waals surface area contributed by atoms with Crippen molar-refractivity contribution in [1.82, 2.24) is 10.1 Å². The van der Waals surface area contributed by atoms with Crippen molar-refractivity contribution in [2.75, 3.05) is 0 Å². The van der Waals surface area contributed by atoms with E-state index in [1.54, 1.807) is 18.2 Å². The van der Waals surface area contributed by atoms with E-state index in [0.717, 1.165) is 18.4 Å². The van der Waals surface area contributed by atoms with Crippen LogP contribution >= 0.6 is 23.2 Å². The van der Waals surface area contributed by atoms with Gasteiger partial charge in [-0.25, -0.2) is 0 Å². The molecule has 0 amide bonds. The second kappa shape index (κ2) is 5.72. The van der Waals surface area contributed by atoms with E-state index in [1.807, 2.05) is 0 Å². The molecule has 1 aliphatic rings. The topological polar surface area (TPSA) is 59.2 Å². The number of hydrogen-bond donors (Lipinski definition) is 1. The number of benzene rings is 1. The van der Waals surface area contributed by atoms with Crippen molar-refractivity contribution < 1.29 is 9.63 Å². The summed E-state index contributed by atoms with van der Waals surface area (Å²) in [7, 11) is 0. The summed E-state index contributed by atoms with van der Waals surface area (Å²) in [4.78, 5) is 4.28. The van der Waals surface area contributed by atoms with Crippen molar-refractivity contribution in [1.29, 1.82) is 0 Å². The number of halogens is 2. The summed E-state index contributed by atoms with van der Waals surface area (Å²) in [6, 6.07) is 5.35. The molecule has 1 unspecified atom stereocenters. The van der Waals surface area contributed by atoms with Crippen molar-refractivity contribution >= 4 is 23.2 Å². The Morgan fingerprint density at radius 1 is 1.30 bits per heavy atom. The van der Waals surface area contributed by atoms with Crippen molar-refractivity contribution in [2.45, 2.75) is 31.8 Å². The lowest BCUT2D eigenvalue weighted by atomic mass is 10.1. The standard InChI is InChI=1S/C14H14Cl2N2O2/c15-10-2-1-3-11(16)9(10)6-13-17-14(20-18-13)7-12(19)8-4-5-8/h1-3,8,12,19H,4-7H2. The van der Waals surface area contributed by atoms with Crippen molar-refractivity contribution in [3.8, 4) is 0 Å². The summed E-state index contributed by atoms with van der Waals surface area (Å²) < 4.78 is 5.16. The largest absolute Gasteiger partial charge is 0.392 e. The van der Waals surface area contributed by atoms with Gasteiger partial charge < -0.3 is 9.63 Å². The van der Waals surface area contributed by atoms with Crippen LogP contribution in [0.25, 0.3) is 0 Å². The van der Waals surface area contributed by atoms with Crippen LogP contribution in [0.5, 0.6) is 0 Å². The summed E-state index contributed by atoms with van der Waals surface area (Å²) in [5.74, 6) is 1.38. The zero-order valence-electron chi connectivity index (χ0n) is 10.7. The highest BCUT2D eigenvalue weighted by atomic mass is 35.5. The maximum Gasteiger partial charge on any atom is 0.229 e. The molecule has 0 spiro atoms. The first-order chi connectivity index (χ1) is 9.63. The smallest absolute Gasteiger partial charge is 0.229 e. The second-order valence-corrected chi connectivity index (χ2v) is 5.90. The Kier molecular flexibility index (Phi) is 3.96. The molecule has 0 radical (unpaired) electrons. The molecule has 6 heteroatoms. The van der Waals surface area contributed by atoms with Gasteiger partial charge in [-0.15, -0.1) is 0 Å². The Hall–Kier alpha value is -1.10. The molecule has 2 aromatic rings. The molecule has 20 heavy (non-hydrogen) atoms. The molecular weight excluding hydrogens is 299 g/mol. The third-order valence-electron chi connectivity index (χ3n) is 3.46. The molecule has 0 saturated heterocycles. The molecule has 4 nitrogen and oxygen atoms in total. The highest BCUT2D eigenvalue weighted by molar-refractivity contribution is 6.36. The zero-order chi connectivity index (χ0) is 14.1. The molecule has 106 valence electrons. The third kappa shape index (κ3) is 3.14. The molecule has 1 atom stereocenters.